The monoisotopic (exact) mass is 278 g/mol. The van der Waals surface area contributed by atoms with Crippen LogP contribution in [0.1, 0.15) is 37.1 Å². The largest absolute Gasteiger partial charge is 0.357 e. The van der Waals surface area contributed by atoms with E-state index in [1.165, 1.54) is 42.4 Å². The van der Waals surface area contributed by atoms with Crippen LogP contribution in [0.2, 0.25) is 0 Å². The van der Waals surface area contributed by atoms with Gasteiger partial charge in [0.05, 0.1) is 6.04 Å². The first-order valence-electron chi connectivity index (χ1n) is 8.33. The number of para-hydroxylation sites is 1. The molecule has 3 aliphatic rings. The molecule has 0 bridgehead atoms. The van der Waals surface area contributed by atoms with E-state index in [0.717, 1.165) is 11.8 Å². The number of aromatic nitrogens is 1. The lowest BCUT2D eigenvalue weighted by molar-refractivity contribution is 0.153. The Morgan fingerprint density at radius 1 is 1.14 bits per heavy atom. The predicted molar refractivity (Wildman–Crippen MR) is 86.3 cm³/mol. The Labute approximate surface area is 125 Å². The topological polar surface area (TPSA) is 19.0 Å². The summed E-state index contributed by atoms with van der Waals surface area (Å²) >= 11 is 0. The molecule has 1 aromatic carbocycles. The molecule has 1 saturated heterocycles. The third-order valence-electron chi connectivity index (χ3n) is 6.04. The second kappa shape index (κ2) is 4.23. The van der Waals surface area contributed by atoms with Gasteiger partial charge in [0, 0.05) is 29.2 Å². The fraction of sp³-hybridized carbons (Fsp3) is 0.474. The summed E-state index contributed by atoms with van der Waals surface area (Å²) in [5.41, 5.74) is 4.44. The molecule has 0 saturated carbocycles. The van der Waals surface area contributed by atoms with Crippen LogP contribution < -0.4 is 0 Å². The second-order valence-electron chi connectivity index (χ2n) is 7.12. The minimum atomic E-state index is 0.617. The Kier molecular flexibility index (Phi) is 2.43. The number of rotatable bonds is 0. The van der Waals surface area contributed by atoms with Gasteiger partial charge in [-0.2, -0.15) is 0 Å². The summed E-state index contributed by atoms with van der Waals surface area (Å²) in [5, 5.41) is 1.45. The number of benzene rings is 1. The number of nitrogens with zero attached hydrogens (tertiary/aromatic N) is 1. The molecule has 3 heterocycles. The summed E-state index contributed by atoms with van der Waals surface area (Å²) in [5.74, 6) is 1.67. The molecule has 2 nitrogen and oxygen atoms in total. The van der Waals surface area contributed by atoms with Crippen molar-refractivity contribution in [2.45, 2.75) is 38.3 Å². The first-order chi connectivity index (χ1) is 10.3. The maximum Gasteiger partial charge on any atom is 0.0538 e. The average Bonchev–Trinajstić information content (AvgIpc) is 3.06. The van der Waals surface area contributed by atoms with Crippen molar-refractivity contribution in [3.05, 3.63) is 47.7 Å². The van der Waals surface area contributed by atoms with E-state index in [2.05, 4.69) is 53.2 Å². The number of H-pyrrole nitrogens is 1. The first kappa shape index (κ1) is 12.0. The molecule has 5 rings (SSSR count). The van der Waals surface area contributed by atoms with Crippen molar-refractivity contribution in [1.29, 1.82) is 0 Å². The van der Waals surface area contributed by atoms with Crippen LogP contribution in [0, 0.1) is 11.8 Å². The Morgan fingerprint density at radius 2 is 2.00 bits per heavy atom. The van der Waals surface area contributed by atoms with E-state index >= 15 is 0 Å². The quantitative estimate of drug-likeness (QED) is 0.720. The number of hydrogen-bond donors (Lipinski definition) is 1. The number of aromatic amines is 1. The summed E-state index contributed by atoms with van der Waals surface area (Å²) in [6.45, 7) is 3.71. The van der Waals surface area contributed by atoms with Crippen LogP contribution in [0.25, 0.3) is 10.9 Å². The SMILES string of the molecule is C[C@@H]1Cc2c([nH]c3ccccc23)[C@H]2[C@@H]3CC=CC[C@@H]3CN12. The van der Waals surface area contributed by atoms with E-state index in [0.29, 0.717) is 12.1 Å². The van der Waals surface area contributed by atoms with Crippen LogP contribution in [0.5, 0.6) is 0 Å². The van der Waals surface area contributed by atoms with Gasteiger partial charge in [-0.25, -0.2) is 0 Å². The molecule has 1 aromatic heterocycles. The van der Waals surface area contributed by atoms with Crippen molar-refractivity contribution >= 4 is 10.9 Å². The lowest BCUT2D eigenvalue weighted by atomic mass is 9.79. The average molecular weight is 278 g/mol. The Hall–Kier alpha value is -1.54. The first-order valence-corrected chi connectivity index (χ1v) is 8.33. The van der Waals surface area contributed by atoms with Crippen LogP contribution >= 0.6 is 0 Å². The summed E-state index contributed by atoms with van der Waals surface area (Å²) in [6, 6.07) is 10.1. The van der Waals surface area contributed by atoms with Gasteiger partial charge in [0.1, 0.15) is 0 Å². The number of allylic oxidation sites excluding steroid dienone is 2. The molecule has 2 heteroatoms. The molecule has 0 radical (unpaired) electrons. The van der Waals surface area contributed by atoms with E-state index in [-0.39, 0.29) is 0 Å². The fourth-order valence-corrected chi connectivity index (χ4v) is 5.06. The maximum atomic E-state index is 3.78. The Balaban J connectivity index is 1.70. The molecule has 4 atom stereocenters. The molecular formula is C19H22N2. The van der Waals surface area contributed by atoms with E-state index in [9.17, 15) is 0 Å². The van der Waals surface area contributed by atoms with Gasteiger partial charge in [-0.3, -0.25) is 4.90 Å². The summed E-state index contributed by atoms with van der Waals surface area (Å²) in [7, 11) is 0. The second-order valence-corrected chi connectivity index (χ2v) is 7.12. The van der Waals surface area contributed by atoms with Gasteiger partial charge >= 0.3 is 0 Å². The molecule has 0 spiro atoms. The summed E-state index contributed by atoms with van der Waals surface area (Å²) in [6.07, 6.45) is 8.54. The van der Waals surface area contributed by atoms with Crippen LogP contribution in [0.3, 0.4) is 0 Å². The van der Waals surface area contributed by atoms with Crippen molar-refractivity contribution < 1.29 is 0 Å². The summed E-state index contributed by atoms with van der Waals surface area (Å²) in [4.78, 5) is 6.55. The molecular weight excluding hydrogens is 256 g/mol. The number of hydrogen-bond acceptors (Lipinski definition) is 1. The molecule has 108 valence electrons. The standard InChI is InChI=1S/C19H22N2/c1-12-10-16-15-8-4-5-9-17(15)20-18(16)19-14-7-3-2-6-13(14)11-21(12)19/h2-5,8-9,12-14,19-20H,6-7,10-11H2,1H3/t12-,13-,14-,19-/m1/s1. The third kappa shape index (κ3) is 1.57. The third-order valence-corrected chi connectivity index (χ3v) is 6.04. The predicted octanol–water partition coefficient (Wildman–Crippen LogP) is 4.05. The smallest absolute Gasteiger partial charge is 0.0538 e. The van der Waals surface area contributed by atoms with Gasteiger partial charge in [-0.15, -0.1) is 0 Å². The van der Waals surface area contributed by atoms with Crippen LogP contribution in [-0.2, 0) is 6.42 Å². The zero-order chi connectivity index (χ0) is 14.0. The number of fused-ring (bicyclic) bond motifs is 7. The van der Waals surface area contributed by atoms with Gasteiger partial charge in [0.2, 0.25) is 0 Å². The minimum absolute atomic E-state index is 0.617. The highest BCUT2D eigenvalue weighted by molar-refractivity contribution is 5.85. The van der Waals surface area contributed by atoms with Gasteiger partial charge < -0.3 is 4.98 Å². The van der Waals surface area contributed by atoms with Crippen LogP contribution in [-0.4, -0.2) is 22.5 Å². The van der Waals surface area contributed by atoms with Gasteiger partial charge in [0.25, 0.3) is 0 Å². The van der Waals surface area contributed by atoms with Crippen molar-refractivity contribution in [3.8, 4) is 0 Å². The van der Waals surface area contributed by atoms with Crippen molar-refractivity contribution in [2.24, 2.45) is 11.8 Å². The Bertz CT molecular complexity index is 726. The number of nitrogens with one attached hydrogen (secondary N) is 1. The lowest BCUT2D eigenvalue weighted by Crippen LogP contribution is -2.39. The van der Waals surface area contributed by atoms with Crippen LogP contribution in [0.4, 0.5) is 0 Å². The molecule has 21 heavy (non-hydrogen) atoms. The Morgan fingerprint density at radius 3 is 2.95 bits per heavy atom. The zero-order valence-corrected chi connectivity index (χ0v) is 12.5. The molecule has 2 aromatic rings. The zero-order valence-electron chi connectivity index (χ0n) is 12.5. The van der Waals surface area contributed by atoms with Crippen LogP contribution in [0.15, 0.2) is 36.4 Å². The maximum absolute atomic E-state index is 3.78. The van der Waals surface area contributed by atoms with Crippen molar-refractivity contribution in [1.82, 2.24) is 9.88 Å². The van der Waals surface area contributed by atoms with Gasteiger partial charge in [-0.1, -0.05) is 30.4 Å². The molecule has 1 fully saturated rings. The van der Waals surface area contributed by atoms with E-state index in [1.807, 2.05) is 0 Å². The van der Waals surface area contributed by atoms with Crippen molar-refractivity contribution in [3.63, 3.8) is 0 Å². The minimum Gasteiger partial charge on any atom is -0.357 e. The molecule has 0 unspecified atom stereocenters. The van der Waals surface area contributed by atoms with Gasteiger partial charge in [-0.05, 0) is 49.7 Å². The highest BCUT2D eigenvalue weighted by Gasteiger charge is 2.47. The highest BCUT2D eigenvalue weighted by atomic mass is 15.2. The highest BCUT2D eigenvalue weighted by Crippen LogP contribution is 2.51. The normalized spacial score (nSPS) is 34.7. The molecule has 1 aliphatic carbocycles. The van der Waals surface area contributed by atoms with E-state index < -0.39 is 0 Å². The molecule has 0 amide bonds. The fourth-order valence-electron chi connectivity index (χ4n) is 5.06. The van der Waals surface area contributed by atoms with Gasteiger partial charge in [0.15, 0.2) is 0 Å². The molecule has 1 N–H and O–H groups in total. The lowest BCUT2D eigenvalue weighted by Gasteiger charge is -2.37. The van der Waals surface area contributed by atoms with Crippen molar-refractivity contribution in [2.75, 3.05) is 6.54 Å². The molecule has 2 aliphatic heterocycles. The van der Waals surface area contributed by atoms with E-state index in [4.69, 9.17) is 0 Å². The summed E-state index contributed by atoms with van der Waals surface area (Å²) < 4.78 is 0. The van der Waals surface area contributed by atoms with E-state index in [1.54, 1.807) is 5.56 Å².